The zero-order valence-electron chi connectivity index (χ0n) is 78.0. The molecule has 5 N–H and O–H groups in total. The molecule has 2 aromatic rings. The Kier molecular flexibility index (Phi) is 74.4. The van der Waals surface area contributed by atoms with Crippen LogP contribution in [0.25, 0.3) is 0 Å². The maximum atomic E-state index is 13.9. The topological polar surface area (TPSA) is 301 Å². The minimum absolute atomic E-state index is 0.0348. The summed E-state index contributed by atoms with van der Waals surface area (Å²) in [6.07, 6.45) is 42.5. The molecule has 1 unspecified atom stereocenters. The summed E-state index contributed by atoms with van der Waals surface area (Å²) in [5.74, 6) is -1.78. The average molecular weight is 1810 g/mol. The van der Waals surface area contributed by atoms with E-state index in [1.54, 1.807) is 42.5 Å². The van der Waals surface area contributed by atoms with E-state index in [-0.39, 0.29) is 77.6 Å². The Hall–Kier alpha value is -4.76. The van der Waals surface area contributed by atoms with Crippen LogP contribution in [0.4, 0.5) is 5.69 Å². The highest BCUT2D eigenvalue weighted by atomic mass is 35.5. The first-order valence-corrected chi connectivity index (χ1v) is 48.8. The summed E-state index contributed by atoms with van der Waals surface area (Å²) >= 11 is 12.4. The maximum Gasteiger partial charge on any atom is 0.328 e. The predicted octanol–water partition coefficient (Wildman–Crippen LogP) is 15.9. The number of nitrogens with one attached hydrogen (secondary N) is 5. The number of quaternary nitrogens is 1. The van der Waals surface area contributed by atoms with Crippen LogP contribution in [0, 0.1) is 5.41 Å². The standard InChI is InChI=1S/C96H168Cl2N6O21/c1-6-8-10-12-14-16-18-20-22-24-26-28-30-34-54-124-82-85(125-55-35-31-29-27-25-23-21-19-17-15-13-11-9-7-2)81-104(3,4)53-37-50-99-89(105)44-45-90(106)101-52-57-113-59-61-115-63-65-117-67-69-119-71-73-121-75-77-123-79-78-122-76-74-120-72-70-118-68-66-116-64-62-114-60-58-112-56-46-91(107)100-51-49-96(47-32-33-48-96)95(110)103-88(94(109)111-5)80-83-40-42-84(43-41-83)102-93(108)92-86(97)38-36-39-87(92)98/h36,38-43,85,88H,6-35,37,44-82H2,1-5H3,(H4-,99,100,101,102,103,105,106,107,108,110)/p+1/t85?,88-/m0/s1. The second-order valence-electron chi connectivity index (χ2n) is 33.3. The first-order chi connectivity index (χ1) is 61.1. The lowest BCUT2D eigenvalue weighted by Gasteiger charge is -2.33. The van der Waals surface area contributed by atoms with Crippen LogP contribution in [0.5, 0.6) is 0 Å². The molecule has 2 atom stereocenters. The van der Waals surface area contributed by atoms with Gasteiger partial charge in [-0.3, -0.25) is 24.0 Å². The summed E-state index contributed by atoms with van der Waals surface area (Å²) < 4.78 is 85.6. The van der Waals surface area contributed by atoms with E-state index in [2.05, 4.69) is 54.5 Å². The van der Waals surface area contributed by atoms with Crippen LogP contribution < -0.4 is 26.6 Å². The number of methoxy groups -OCH3 is 1. The van der Waals surface area contributed by atoms with Gasteiger partial charge in [0, 0.05) is 70.6 Å². The van der Waals surface area contributed by atoms with Gasteiger partial charge in [-0.05, 0) is 61.9 Å². The van der Waals surface area contributed by atoms with Gasteiger partial charge in [-0.25, -0.2) is 4.79 Å². The molecule has 0 aromatic heterocycles. The van der Waals surface area contributed by atoms with Gasteiger partial charge in [-0.1, -0.05) is 235 Å². The predicted molar refractivity (Wildman–Crippen MR) is 494 cm³/mol. The molecule has 1 fully saturated rings. The zero-order chi connectivity index (χ0) is 90.1. The summed E-state index contributed by atoms with van der Waals surface area (Å²) in [6, 6.07) is 10.8. The van der Waals surface area contributed by atoms with Gasteiger partial charge < -0.3 is 102 Å². The number of hydrogen-bond acceptors (Lipinski definition) is 21. The molecule has 29 heteroatoms. The van der Waals surface area contributed by atoms with Crippen molar-refractivity contribution >= 4 is 64.4 Å². The van der Waals surface area contributed by atoms with E-state index < -0.39 is 23.3 Å². The Morgan fingerprint density at radius 3 is 1.17 bits per heavy atom. The monoisotopic (exact) mass is 1810 g/mol. The van der Waals surface area contributed by atoms with Crippen LogP contribution in [-0.2, 0) is 101 Å². The molecule has 0 spiro atoms. The fourth-order valence-corrected chi connectivity index (χ4v) is 15.3. The molecule has 5 amide bonds. The molecule has 1 aliphatic rings. The summed E-state index contributed by atoms with van der Waals surface area (Å²) in [4.78, 5) is 77.5. The zero-order valence-corrected chi connectivity index (χ0v) is 79.5. The summed E-state index contributed by atoms with van der Waals surface area (Å²) in [6.45, 7) is 19.6. The molecule has 27 nitrogen and oxygen atoms in total. The van der Waals surface area contributed by atoms with E-state index in [1.807, 2.05) is 0 Å². The molecule has 0 bridgehead atoms. The van der Waals surface area contributed by atoms with Gasteiger partial charge in [0.25, 0.3) is 5.91 Å². The summed E-state index contributed by atoms with van der Waals surface area (Å²) in [5.41, 5.74) is 0.653. The van der Waals surface area contributed by atoms with Crippen molar-refractivity contribution in [1.29, 1.82) is 0 Å². The summed E-state index contributed by atoms with van der Waals surface area (Å²) in [5, 5.41) is 14.9. The summed E-state index contributed by atoms with van der Waals surface area (Å²) in [7, 11) is 5.76. The molecular weight excluding hydrogens is 1640 g/mol. The quantitative estimate of drug-likeness (QED) is 0.0233. The van der Waals surface area contributed by atoms with Crippen LogP contribution in [0.3, 0.4) is 0 Å². The molecule has 2 aromatic carbocycles. The molecule has 0 heterocycles. The number of halogens is 2. The van der Waals surface area contributed by atoms with Crippen molar-refractivity contribution < 1.29 is 104 Å². The molecule has 1 aliphatic carbocycles. The minimum Gasteiger partial charge on any atom is -0.467 e. The van der Waals surface area contributed by atoms with E-state index in [4.69, 9.17) is 94.3 Å². The van der Waals surface area contributed by atoms with E-state index >= 15 is 0 Å². The molecular formula is C96H169Cl2N6O21+. The van der Waals surface area contributed by atoms with Crippen molar-refractivity contribution in [2.24, 2.45) is 5.41 Å². The highest BCUT2D eigenvalue weighted by Gasteiger charge is 2.42. The van der Waals surface area contributed by atoms with Crippen molar-refractivity contribution in [3.05, 3.63) is 63.6 Å². The lowest BCUT2D eigenvalue weighted by Crippen LogP contribution is -2.50. The number of amides is 5. The average Bonchev–Trinajstić information content (AvgIpc) is 1.72. The number of ether oxygens (including phenoxy) is 15. The molecule has 0 saturated heterocycles. The molecule has 3 rings (SSSR count). The van der Waals surface area contributed by atoms with Gasteiger partial charge in [0.15, 0.2) is 0 Å². The van der Waals surface area contributed by atoms with Gasteiger partial charge in [-0.2, -0.15) is 0 Å². The second kappa shape index (κ2) is 81.2. The normalized spacial score (nSPS) is 13.1. The van der Waals surface area contributed by atoms with Crippen LogP contribution in [0.2, 0.25) is 10.0 Å². The van der Waals surface area contributed by atoms with E-state index in [1.165, 1.54) is 174 Å². The smallest absolute Gasteiger partial charge is 0.328 e. The van der Waals surface area contributed by atoms with Crippen LogP contribution in [0.15, 0.2) is 42.5 Å². The molecule has 0 radical (unpaired) electrons. The number of anilines is 1. The SMILES string of the molecule is CCCCCCCCCCCCCCCCOCC(C[N+](C)(C)CCCNC(=O)CCC(=O)NCCOCCOCCOCCOCCOCCOCCOCCOCCOCCOCCOCCOCCC(=O)NCCC1(C(=O)N[C@@H](Cc2ccc(NC(=O)c3c(Cl)cccc3Cl)cc2)C(=O)OC)CCCC1)OCCCCCCCCCCCCCCCC. The Morgan fingerprint density at radius 1 is 0.400 bits per heavy atom. The number of rotatable bonds is 91. The molecule has 722 valence electrons. The molecule has 1 saturated carbocycles. The van der Waals surface area contributed by atoms with E-state index in [9.17, 15) is 28.8 Å². The third kappa shape index (κ3) is 65.5. The van der Waals surface area contributed by atoms with Crippen molar-refractivity contribution in [3.8, 4) is 0 Å². The fourth-order valence-electron chi connectivity index (χ4n) is 14.7. The Morgan fingerprint density at radius 2 is 0.760 bits per heavy atom. The third-order valence-corrected chi connectivity index (χ3v) is 22.7. The lowest BCUT2D eigenvalue weighted by molar-refractivity contribution is -0.893. The molecule has 0 aliphatic heterocycles. The third-order valence-electron chi connectivity index (χ3n) is 22.1. The molecule has 125 heavy (non-hydrogen) atoms. The number of carbonyl (C=O) groups is 6. The Balaban J connectivity index is 1.03. The second-order valence-corrected chi connectivity index (χ2v) is 34.2. The van der Waals surface area contributed by atoms with Crippen molar-refractivity contribution in [2.45, 2.75) is 270 Å². The highest BCUT2D eigenvalue weighted by Crippen LogP contribution is 2.41. The number of hydrogen-bond donors (Lipinski definition) is 5. The van der Waals surface area contributed by atoms with Gasteiger partial charge in [0.05, 0.1) is 214 Å². The van der Waals surface area contributed by atoms with E-state index in [0.717, 1.165) is 68.5 Å². The van der Waals surface area contributed by atoms with E-state index in [0.29, 0.717) is 203 Å². The van der Waals surface area contributed by atoms with Crippen LogP contribution in [0.1, 0.15) is 267 Å². The minimum atomic E-state index is -0.949. The van der Waals surface area contributed by atoms with Gasteiger partial charge in [0.1, 0.15) is 18.7 Å². The number of unbranched alkanes of at least 4 members (excludes halogenated alkanes) is 26. The Labute approximate surface area is 762 Å². The number of benzene rings is 2. The lowest BCUT2D eigenvalue weighted by atomic mass is 9.81. The first kappa shape index (κ1) is 114. The van der Waals surface area contributed by atoms with Crippen molar-refractivity contribution in [3.63, 3.8) is 0 Å². The van der Waals surface area contributed by atoms with Crippen molar-refractivity contribution in [1.82, 2.24) is 21.3 Å². The highest BCUT2D eigenvalue weighted by molar-refractivity contribution is 6.40. The fraction of sp³-hybridized carbons (Fsp3) is 0.812. The number of carbonyl (C=O) groups excluding carboxylic acids is 6. The number of esters is 1. The van der Waals surface area contributed by atoms with Crippen LogP contribution in [-0.4, -0.2) is 284 Å². The van der Waals surface area contributed by atoms with Gasteiger partial charge in [-0.15, -0.1) is 0 Å². The van der Waals surface area contributed by atoms with Gasteiger partial charge in [0.2, 0.25) is 23.6 Å². The largest absolute Gasteiger partial charge is 0.467 e. The van der Waals surface area contributed by atoms with Gasteiger partial charge >= 0.3 is 5.97 Å². The van der Waals surface area contributed by atoms with Crippen molar-refractivity contribution in [2.75, 3.05) is 238 Å². The number of likely N-dealkylation sites (N-methyl/N-ethyl adjacent to an activating group) is 1. The Bertz CT molecular complexity index is 2910. The first-order valence-electron chi connectivity index (χ1n) is 48.1. The maximum absolute atomic E-state index is 13.9. The van der Waals surface area contributed by atoms with Crippen LogP contribution >= 0.6 is 23.2 Å². The number of nitrogens with zero attached hydrogens (tertiary/aromatic N) is 1.